The summed E-state index contributed by atoms with van der Waals surface area (Å²) in [5.41, 5.74) is 2.19. The van der Waals surface area contributed by atoms with Gasteiger partial charge in [0, 0.05) is 13.1 Å². The molecule has 0 radical (unpaired) electrons. The van der Waals surface area contributed by atoms with Crippen molar-refractivity contribution in [1.29, 1.82) is 0 Å². The number of amides is 1. The molecule has 2 atom stereocenters. The maximum absolute atomic E-state index is 12.1. The number of ether oxygens (including phenoxy) is 2. The second-order valence-corrected chi connectivity index (χ2v) is 5.74. The average molecular weight is 320 g/mol. The third-order valence-electron chi connectivity index (χ3n) is 3.86. The molecular formula is C17H24N2O4. The van der Waals surface area contributed by atoms with Crippen LogP contribution in [-0.4, -0.2) is 51.3 Å². The highest BCUT2D eigenvalue weighted by Gasteiger charge is 2.25. The Hall–Kier alpha value is -1.92. The minimum Gasteiger partial charge on any atom is -0.469 e. The quantitative estimate of drug-likeness (QED) is 0.744. The van der Waals surface area contributed by atoms with Crippen LogP contribution in [0.1, 0.15) is 11.1 Å². The molecule has 2 unspecified atom stereocenters. The molecule has 1 aromatic carbocycles. The lowest BCUT2D eigenvalue weighted by molar-refractivity contribution is -0.145. The van der Waals surface area contributed by atoms with Gasteiger partial charge in [0.05, 0.1) is 26.2 Å². The summed E-state index contributed by atoms with van der Waals surface area (Å²) in [4.78, 5) is 24.1. The Morgan fingerprint density at radius 1 is 1.48 bits per heavy atom. The van der Waals surface area contributed by atoms with Gasteiger partial charge in [-0.1, -0.05) is 29.8 Å². The van der Waals surface area contributed by atoms with Crippen molar-refractivity contribution >= 4 is 11.9 Å². The van der Waals surface area contributed by atoms with Crippen molar-refractivity contribution in [1.82, 2.24) is 10.6 Å². The van der Waals surface area contributed by atoms with Crippen molar-refractivity contribution in [2.75, 3.05) is 33.4 Å². The SMILES string of the molecule is COC(=O)C(CNC(=O)C1COCCN1)Cc1cccc(C)c1. The Bertz CT molecular complexity index is 541. The molecule has 0 saturated carbocycles. The Kier molecular flexibility index (Phi) is 6.55. The van der Waals surface area contributed by atoms with Crippen molar-refractivity contribution in [2.45, 2.75) is 19.4 Å². The maximum Gasteiger partial charge on any atom is 0.310 e. The summed E-state index contributed by atoms with van der Waals surface area (Å²) in [6.45, 7) is 3.88. The first-order valence-corrected chi connectivity index (χ1v) is 7.82. The summed E-state index contributed by atoms with van der Waals surface area (Å²) in [5, 5.41) is 5.91. The van der Waals surface area contributed by atoms with Crippen molar-refractivity contribution in [3.63, 3.8) is 0 Å². The van der Waals surface area contributed by atoms with E-state index < -0.39 is 5.92 Å². The van der Waals surface area contributed by atoms with Gasteiger partial charge in [-0.25, -0.2) is 0 Å². The summed E-state index contributed by atoms with van der Waals surface area (Å²) >= 11 is 0. The number of carbonyl (C=O) groups excluding carboxylic acids is 2. The van der Waals surface area contributed by atoms with E-state index in [9.17, 15) is 9.59 Å². The Morgan fingerprint density at radius 2 is 2.30 bits per heavy atom. The number of methoxy groups -OCH3 is 1. The third kappa shape index (κ3) is 5.33. The van der Waals surface area contributed by atoms with E-state index in [1.165, 1.54) is 7.11 Å². The van der Waals surface area contributed by atoms with E-state index in [2.05, 4.69) is 10.6 Å². The molecule has 1 aliphatic rings. The molecule has 6 nitrogen and oxygen atoms in total. The standard InChI is InChI=1S/C17H24N2O4/c1-12-4-3-5-13(8-12)9-14(17(21)22-2)10-19-16(20)15-11-23-7-6-18-15/h3-5,8,14-15,18H,6-7,9-11H2,1-2H3,(H,19,20). The average Bonchev–Trinajstić information content (AvgIpc) is 2.58. The Balaban J connectivity index is 1.93. The molecule has 2 rings (SSSR count). The Labute approximate surface area is 136 Å². The van der Waals surface area contributed by atoms with Crippen LogP contribution in [0.2, 0.25) is 0 Å². The second-order valence-electron chi connectivity index (χ2n) is 5.74. The number of carbonyl (C=O) groups is 2. The van der Waals surface area contributed by atoms with E-state index in [1.54, 1.807) is 0 Å². The molecule has 126 valence electrons. The summed E-state index contributed by atoms with van der Waals surface area (Å²) in [6, 6.07) is 7.62. The number of aryl methyl sites for hydroxylation is 1. The van der Waals surface area contributed by atoms with E-state index in [0.717, 1.165) is 11.1 Å². The number of benzene rings is 1. The molecule has 1 aromatic rings. The number of hydrogen-bond donors (Lipinski definition) is 2. The predicted molar refractivity (Wildman–Crippen MR) is 86.0 cm³/mol. The lowest BCUT2D eigenvalue weighted by Crippen LogP contribution is -2.52. The fourth-order valence-electron chi connectivity index (χ4n) is 2.61. The van der Waals surface area contributed by atoms with Gasteiger partial charge in [-0.05, 0) is 18.9 Å². The van der Waals surface area contributed by atoms with Gasteiger partial charge in [0.15, 0.2) is 0 Å². The molecule has 0 aliphatic carbocycles. The fraction of sp³-hybridized carbons (Fsp3) is 0.529. The third-order valence-corrected chi connectivity index (χ3v) is 3.86. The van der Waals surface area contributed by atoms with Gasteiger partial charge in [0.25, 0.3) is 0 Å². The first kappa shape index (κ1) is 17.4. The fourth-order valence-corrected chi connectivity index (χ4v) is 2.61. The molecule has 1 saturated heterocycles. The molecule has 6 heteroatoms. The first-order chi connectivity index (χ1) is 11.1. The summed E-state index contributed by atoms with van der Waals surface area (Å²) < 4.78 is 10.1. The van der Waals surface area contributed by atoms with Crippen LogP contribution in [0.4, 0.5) is 0 Å². The van der Waals surface area contributed by atoms with Crippen molar-refractivity contribution < 1.29 is 19.1 Å². The summed E-state index contributed by atoms with van der Waals surface area (Å²) in [5.74, 6) is -0.877. The van der Waals surface area contributed by atoms with Gasteiger partial charge in [0.1, 0.15) is 6.04 Å². The smallest absolute Gasteiger partial charge is 0.310 e. The molecule has 0 bridgehead atoms. The lowest BCUT2D eigenvalue weighted by atomic mass is 9.98. The highest BCUT2D eigenvalue weighted by atomic mass is 16.5. The maximum atomic E-state index is 12.1. The van der Waals surface area contributed by atoms with Crippen molar-refractivity contribution in [2.24, 2.45) is 5.92 Å². The molecule has 0 spiro atoms. The summed E-state index contributed by atoms with van der Waals surface area (Å²) in [7, 11) is 1.37. The minimum atomic E-state index is -0.407. The predicted octanol–water partition coefficient (Wildman–Crippen LogP) is 0.431. The minimum absolute atomic E-state index is 0.150. The molecule has 23 heavy (non-hydrogen) atoms. The van der Waals surface area contributed by atoms with Gasteiger partial charge in [-0.15, -0.1) is 0 Å². The van der Waals surface area contributed by atoms with Crippen LogP contribution < -0.4 is 10.6 Å². The van der Waals surface area contributed by atoms with Crippen molar-refractivity contribution in [3.05, 3.63) is 35.4 Å². The number of morpholine rings is 1. The van der Waals surface area contributed by atoms with Crippen LogP contribution >= 0.6 is 0 Å². The highest BCUT2D eigenvalue weighted by Crippen LogP contribution is 2.12. The highest BCUT2D eigenvalue weighted by molar-refractivity contribution is 5.82. The Morgan fingerprint density at radius 3 is 2.96 bits per heavy atom. The van der Waals surface area contributed by atoms with E-state index >= 15 is 0 Å². The van der Waals surface area contributed by atoms with Gasteiger partial charge < -0.3 is 20.1 Å². The molecule has 2 N–H and O–H groups in total. The van der Waals surface area contributed by atoms with Gasteiger partial charge in [-0.3, -0.25) is 9.59 Å². The van der Waals surface area contributed by atoms with E-state index in [-0.39, 0.29) is 24.5 Å². The zero-order chi connectivity index (χ0) is 16.7. The number of nitrogens with one attached hydrogen (secondary N) is 2. The summed E-state index contributed by atoms with van der Waals surface area (Å²) in [6.07, 6.45) is 0.531. The van der Waals surface area contributed by atoms with Gasteiger partial charge in [-0.2, -0.15) is 0 Å². The van der Waals surface area contributed by atoms with E-state index in [4.69, 9.17) is 9.47 Å². The lowest BCUT2D eigenvalue weighted by Gasteiger charge is -2.24. The molecular weight excluding hydrogens is 296 g/mol. The number of rotatable bonds is 6. The topological polar surface area (TPSA) is 76.7 Å². The van der Waals surface area contributed by atoms with Crippen molar-refractivity contribution in [3.8, 4) is 0 Å². The zero-order valence-corrected chi connectivity index (χ0v) is 13.6. The molecule has 0 aromatic heterocycles. The van der Waals surface area contributed by atoms with Crippen LogP contribution in [0.25, 0.3) is 0 Å². The van der Waals surface area contributed by atoms with Crippen LogP contribution in [-0.2, 0) is 25.5 Å². The van der Waals surface area contributed by atoms with Crippen LogP contribution in [0.3, 0.4) is 0 Å². The largest absolute Gasteiger partial charge is 0.469 e. The number of hydrogen-bond acceptors (Lipinski definition) is 5. The van der Waals surface area contributed by atoms with Crippen LogP contribution in [0.5, 0.6) is 0 Å². The first-order valence-electron chi connectivity index (χ1n) is 7.82. The monoisotopic (exact) mass is 320 g/mol. The molecule has 1 fully saturated rings. The molecule has 1 heterocycles. The second kappa shape index (κ2) is 8.64. The van der Waals surface area contributed by atoms with Crippen LogP contribution in [0.15, 0.2) is 24.3 Å². The zero-order valence-electron chi connectivity index (χ0n) is 13.6. The normalized spacial score (nSPS) is 19.0. The number of esters is 1. The van der Waals surface area contributed by atoms with E-state index in [0.29, 0.717) is 26.2 Å². The molecule has 1 amide bonds. The van der Waals surface area contributed by atoms with E-state index in [1.807, 2.05) is 31.2 Å². The molecule has 1 aliphatic heterocycles. The van der Waals surface area contributed by atoms with Gasteiger partial charge in [0.2, 0.25) is 5.91 Å². The van der Waals surface area contributed by atoms with Crippen LogP contribution in [0, 0.1) is 12.8 Å². The van der Waals surface area contributed by atoms with Gasteiger partial charge >= 0.3 is 5.97 Å².